The summed E-state index contributed by atoms with van der Waals surface area (Å²) in [5, 5.41) is 4.68. The average molecular weight is 306 g/mol. The number of aromatic nitrogens is 1. The van der Waals surface area contributed by atoms with Crippen molar-refractivity contribution < 1.29 is 13.2 Å². The minimum atomic E-state index is -2.94. The fourth-order valence-electron chi connectivity index (χ4n) is 1.70. The van der Waals surface area contributed by atoms with Crippen LogP contribution in [0.1, 0.15) is 12.1 Å². The van der Waals surface area contributed by atoms with E-state index in [1.807, 2.05) is 12.3 Å². The first-order valence-electron chi connectivity index (χ1n) is 5.49. The highest BCUT2D eigenvalue weighted by Crippen LogP contribution is 2.22. The van der Waals surface area contributed by atoms with E-state index in [-0.39, 0.29) is 29.2 Å². The average Bonchev–Trinajstić information content (AvgIpc) is 2.82. The highest BCUT2D eigenvalue weighted by molar-refractivity contribution is 8.01. The van der Waals surface area contributed by atoms with Crippen LogP contribution in [-0.4, -0.2) is 42.6 Å². The van der Waals surface area contributed by atoms with Gasteiger partial charge in [0.1, 0.15) is 0 Å². The third kappa shape index (κ3) is 3.96. The maximum Gasteiger partial charge on any atom is 0.230 e. The molecule has 0 bridgehead atoms. The van der Waals surface area contributed by atoms with Crippen molar-refractivity contribution in [2.75, 3.05) is 17.3 Å². The first kappa shape index (κ1) is 13.8. The van der Waals surface area contributed by atoms with Crippen molar-refractivity contribution >= 4 is 38.8 Å². The molecule has 1 saturated heterocycles. The van der Waals surface area contributed by atoms with E-state index in [0.717, 1.165) is 10.0 Å². The molecule has 100 valence electrons. The maximum absolute atomic E-state index is 11.6. The minimum Gasteiger partial charge on any atom is -0.352 e. The van der Waals surface area contributed by atoms with Crippen LogP contribution in [0.15, 0.2) is 9.72 Å². The molecule has 1 fully saturated rings. The van der Waals surface area contributed by atoms with Gasteiger partial charge < -0.3 is 5.32 Å². The molecule has 0 spiro atoms. The molecule has 0 aliphatic carbocycles. The Morgan fingerprint density at radius 3 is 3.00 bits per heavy atom. The molecule has 1 aromatic heterocycles. The Kier molecular flexibility index (Phi) is 4.29. The van der Waals surface area contributed by atoms with Crippen LogP contribution in [0.4, 0.5) is 0 Å². The number of thiazole rings is 1. The lowest BCUT2D eigenvalue weighted by Gasteiger charge is -2.09. The van der Waals surface area contributed by atoms with Gasteiger partial charge in [-0.05, 0) is 13.3 Å². The summed E-state index contributed by atoms with van der Waals surface area (Å²) in [4.78, 5) is 15.9. The number of thioether (sulfide) groups is 1. The fourth-order valence-corrected chi connectivity index (χ4v) is 5.04. The normalized spacial score (nSPS) is 21.9. The van der Waals surface area contributed by atoms with Gasteiger partial charge in [0, 0.05) is 17.1 Å². The van der Waals surface area contributed by atoms with Crippen LogP contribution in [0.2, 0.25) is 0 Å². The predicted molar refractivity (Wildman–Crippen MR) is 72.8 cm³/mol. The zero-order chi connectivity index (χ0) is 13.2. The van der Waals surface area contributed by atoms with Gasteiger partial charge >= 0.3 is 0 Å². The Morgan fingerprint density at radius 2 is 2.44 bits per heavy atom. The molecule has 0 saturated carbocycles. The van der Waals surface area contributed by atoms with Crippen LogP contribution >= 0.6 is 23.1 Å². The first-order chi connectivity index (χ1) is 8.44. The summed E-state index contributed by atoms with van der Waals surface area (Å²) < 4.78 is 23.3. The smallest absolute Gasteiger partial charge is 0.230 e. The molecule has 2 rings (SSSR count). The summed E-state index contributed by atoms with van der Waals surface area (Å²) in [6, 6.07) is -0.221. The number of rotatable bonds is 4. The summed E-state index contributed by atoms with van der Waals surface area (Å²) in [6.45, 7) is 1.91. The van der Waals surface area contributed by atoms with E-state index in [1.54, 1.807) is 0 Å². The van der Waals surface area contributed by atoms with Crippen LogP contribution in [-0.2, 0) is 14.6 Å². The summed E-state index contributed by atoms with van der Waals surface area (Å²) in [6.07, 6.45) is 0.523. The van der Waals surface area contributed by atoms with Gasteiger partial charge in [0.2, 0.25) is 5.91 Å². The SMILES string of the molecule is Cc1csc(SCC(=O)N[C@@H]2CCS(=O)(=O)C2)n1. The molecule has 2 heterocycles. The predicted octanol–water partition coefficient (Wildman–Crippen LogP) is 0.847. The number of nitrogens with zero attached hydrogens (tertiary/aromatic N) is 1. The van der Waals surface area contributed by atoms with Crippen LogP contribution in [0, 0.1) is 6.92 Å². The van der Waals surface area contributed by atoms with Gasteiger partial charge in [0.25, 0.3) is 0 Å². The van der Waals surface area contributed by atoms with E-state index in [1.165, 1.54) is 23.1 Å². The van der Waals surface area contributed by atoms with Crippen molar-refractivity contribution in [2.24, 2.45) is 0 Å². The molecule has 1 amide bonds. The molecule has 5 nitrogen and oxygen atoms in total. The van der Waals surface area contributed by atoms with Crippen LogP contribution in [0.3, 0.4) is 0 Å². The number of nitrogens with one attached hydrogen (secondary N) is 1. The van der Waals surface area contributed by atoms with E-state index in [9.17, 15) is 13.2 Å². The molecule has 0 aromatic carbocycles. The van der Waals surface area contributed by atoms with Gasteiger partial charge in [-0.3, -0.25) is 4.79 Å². The van der Waals surface area contributed by atoms with Gasteiger partial charge in [-0.25, -0.2) is 13.4 Å². The highest BCUT2D eigenvalue weighted by atomic mass is 32.2. The van der Waals surface area contributed by atoms with E-state index >= 15 is 0 Å². The van der Waals surface area contributed by atoms with E-state index in [0.29, 0.717) is 6.42 Å². The van der Waals surface area contributed by atoms with Gasteiger partial charge in [0.15, 0.2) is 14.2 Å². The Hall–Kier alpha value is -0.600. The maximum atomic E-state index is 11.6. The molecule has 1 aliphatic heterocycles. The molecule has 1 aromatic rings. The third-order valence-corrected chi connectivity index (χ3v) is 6.43. The minimum absolute atomic E-state index is 0.0692. The Morgan fingerprint density at radius 1 is 1.67 bits per heavy atom. The largest absolute Gasteiger partial charge is 0.352 e. The second-order valence-corrected chi connectivity index (χ2v) is 8.52. The number of aryl methyl sites for hydroxylation is 1. The number of amides is 1. The standard InChI is InChI=1S/C10H14N2O3S3/c1-7-4-16-10(11-7)17-5-9(13)12-8-2-3-18(14,15)6-8/h4,8H,2-3,5-6H2,1H3,(H,12,13)/t8-/m1/s1. The first-order valence-corrected chi connectivity index (χ1v) is 9.18. The van der Waals surface area contributed by atoms with Crippen molar-refractivity contribution in [3.05, 3.63) is 11.1 Å². The van der Waals surface area contributed by atoms with Crippen molar-refractivity contribution in [1.29, 1.82) is 0 Å². The Bertz CT molecular complexity index is 538. The topological polar surface area (TPSA) is 76.1 Å². The van der Waals surface area contributed by atoms with Gasteiger partial charge in [-0.2, -0.15) is 0 Å². The molecular weight excluding hydrogens is 292 g/mol. The third-order valence-electron chi connectivity index (χ3n) is 2.52. The van der Waals surface area contributed by atoms with Crippen LogP contribution in [0.25, 0.3) is 0 Å². The molecule has 1 aliphatic rings. The number of carbonyl (C=O) groups excluding carboxylic acids is 1. The van der Waals surface area contributed by atoms with E-state index in [2.05, 4.69) is 10.3 Å². The van der Waals surface area contributed by atoms with Gasteiger partial charge in [-0.1, -0.05) is 11.8 Å². The molecule has 0 radical (unpaired) electrons. The van der Waals surface area contributed by atoms with Crippen molar-refractivity contribution in [2.45, 2.75) is 23.7 Å². The quantitative estimate of drug-likeness (QED) is 0.835. The summed E-state index contributed by atoms with van der Waals surface area (Å²) in [5.74, 6) is 0.398. The monoisotopic (exact) mass is 306 g/mol. The summed E-state index contributed by atoms with van der Waals surface area (Å²) in [7, 11) is -2.94. The van der Waals surface area contributed by atoms with Gasteiger partial charge in [0.05, 0.1) is 17.3 Å². The number of carbonyl (C=O) groups is 1. The number of hydrogen-bond donors (Lipinski definition) is 1. The summed E-state index contributed by atoms with van der Waals surface area (Å²) >= 11 is 2.89. The van der Waals surface area contributed by atoms with E-state index < -0.39 is 9.84 Å². The Balaban J connectivity index is 1.76. The van der Waals surface area contributed by atoms with Crippen molar-refractivity contribution in [3.63, 3.8) is 0 Å². The number of sulfone groups is 1. The van der Waals surface area contributed by atoms with Crippen molar-refractivity contribution in [3.8, 4) is 0 Å². The molecule has 1 N–H and O–H groups in total. The lowest BCUT2D eigenvalue weighted by atomic mass is 10.3. The van der Waals surface area contributed by atoms with Crippen LogP contribution < -0.4 is 5.32 Å². The molecule has 8 heteroatoms. The Labute approximate surface area is 114 Å². The highest BCUT2D eigenvalue weighted by Gasteiger charge is 2.28. The zero-order valence-electron chi connectivity index (χ0n) is 9.88. The van der Waals surface area contributed by atoms with Crippen LogP contribution in [0.5, 0.6) is 0 Å². The number of hydrogen-bond acceptors (Lipinski definition) is 6. The van der Waals surface area contributed by atoms with Crippen molar-refractivity contribution in [1.82, 2.24) is 10.3 Å². The molecule has 18 heavy (non-hydrogen) atoms. The lowest BCUT2D eigenvalue weighted by molar-refractivity contribution is -0.119. The lowest BCUT2D eigenvalue weighted by Crippen LogP contribution is -2.36. The second kappa shape index (κ2) is 5.58. The molecular formula is C10H14N2O3S3. The zero-order valence-corrected chi connectivity index (χ0v) is 12.3. The molecule has 0 unspecified atom stereocenters. The second-order valence-electron chi connectivity index (χ2n) is 4.21. The summed E-state index contributed by atoms with van der Waals surface area (Å²) in [5.41, 5.74) is 0.949. The van der Waals surface area contributed by atoms with E-state index in [4.69, 9.17) is 0 Å². The fraction of sp³-hybridized carbons (Fsp3) is 0.600. The van der Waals surface area contributed by atoms with Gasteiger partial charge in [-0.15, -0.1) is 11.3 Å². The molecule has 1 atom stereocenters.